The van der Waals surface area contributed by atoms with Crippen LogP contribution in [0.1, 0.15) is 26.5 Å². The SMILES string of the molecule is CC(C)OC(=O)OC(C)OC(=O)[C@@]1(NC(=O)/C(=N\O)c2csc(N)n2)C(=O)N2C=C(COC(=O)N(C)C)CS[C@H]21. The Morgan fingerprint density at radius 2 is 1.98 bits per heavy atom. The van der Waals surface area contributed by atoms with Gasteiger partial charge < -0.3 is 45.0 Å². The number of thioether (sulfide) groups is 1. The Hall–Kier alpha value is -4.06. The van der Waals surface area contributed by atoms with E-state index >= 15 is 0 Å². The van der Waals surface area contributed by atoms with Crippen LogP contribution in [0.5, 0.6) is 0 Å². The zero-order chi connectivity index (χ0) is 29.8. The fourth-order valence-corrected chi connectivity index (χ4v) is 5.40. The molecule has 0 aliphatic carbocycles. The van der Waals surface area contributed by atoms with Crippen molar-refractivity contribution in [3.8, 4) is 0 Å². The summed E-state index contributed by atoms with van der Waals surface area (Å²) in [6.07, 6.45) is -2.29. The first-order chi connectivity index (χ1) is 18.8. The van der Waals surface area contributed by atoms with Crippen molar-refractivity contribution in [3.05, 3.63) is 22.8 Å². The van der Waals surface area contributed by atoms with Crippen LogP contribution in [-0.2, 0) is 33.3 Å². The summed E-state index contributed by atoms with van der Waals surface area (Å²) in [5.41, 5.74) is 3.15. The van der Waals surface area contributed by atoms with E-state index in [1.807, 2.05) is 0 Å². The first-order valence-electron chi connectivity index (χ1n) is 11.6. The molecule has 0 spiro atoms. The maximum Gasteiger partial charge on any atom is 0.511 e. The number of oxime groups is 1. The molecular weight excluding hydrogens is 572 g/mol. The Bertz CT molecular complexity index is 1250. The number of aromatic nitrogens is 1. The van der Waals surface area contributed by atoms with Gasteiger partial charge in [0.1, 0.15) is 17.7 Å². The molecule has 1 aromatic rings. The Balaban J connectivity index is 1.85. The number of thiazole rings is 1. The number of esters is 1. The summed E-state index contributed by atoms with van der Waals surface area (Å²) >= 11 is 2.05. The molecule has 16 nitrogen and oxygen atoms in total. The van der Waals surface area contributed by atoms with Crippen LogP contribution < -0.4 is 11.1 Å². The zero-order valence-corrected chi connectivity index (χ0v) is 23.7. The van der Waals surface area contributed by atoms with Gasteiger partial charge in [-0.15, -0.1) is 23.1 Å². The fourth-order valence-electron chi connectivity index (χ4n) is 3.50. The van der Waals surface area contributed by atoms with Gasteiger partial charge in [-0.2, -0.15) is 0 Å². The highest BCUT2D eigenvalue weighted by molar-refractivity contribution is 8.00. The molecule has 218 valence electrons. The third kappa shape index (κ3) is 6.39. The molecule has 3 rings (SSSR count). The van der Waals surface area contributed by atoms with Crippen LogP contribution in [-0.4, -0.2) is 105 Å². The van der Waals surface area contributed by atoms with Crippen LogP contribution in [0.3, 0.4) is 0 Å². The van der Waals surface area contributed by atoms with E-state index in [0.29, 0.717) is 5.57 Å². The molecule has 2 aliphatic rings. The summed E-state index contributed by atoms with van der Waals surface area (Å²) in [6, 6.07) is 0. The molecule has 3 atom stereocenters. The average Bonchev–Trinajstić information content (AvgIpc) is 3.30. The summed E-state index contributed by atoms with van der Waals surface area (Å²) in [4.78, 5) is 69.9. The van der Waals surface area contributed by atoms with Crippen molar-refractivity contribution in [3.63, 3.8) is 0 Å². The lowest BCUT2D eigenvalue weighted by Crippen LogP contribution is -2.82. The number of hydrogen-bond acceptors (Lipinski definition) is 15. The first kappa shape index (κ1) is 30.5. The van der Waals surface area contributed by atoms with E-state index < -0.39 is 59.1 Å². The molecule has 1 unspecified atom stereocenters. The number of carbonyl (C=O) groups is 5. The third-order valence-corrected chi connectivity index (χ3v) is 7.38. The number of ether oxygens (including phenoxy) is 4. The van der Waals surface area contributed by atoms with E-state index in [0.717, 1.165) is 23.1 Å². The number of nitrogens with one attached hydrogen (secondary N) is 1. The van der Waals surface area contributed by atoms with Crippen molar-refractivity contribution in [1.82, 2.24) is 20.1 Å². The number of β-lactam (4-membered cyclic amide) rings is 1. The van der Waals surface area contributed by atoms with Gasteiger partial charge in [0, 0.05) is 38.4 Å². The largest absolute Gasteiger partial charge is 0.511 e. The normalized spacial score (nSPS) is 20.9. The van der Waals surface area contributed by atoms with Crippen LogP contribution in [0.2, 0.25) is 0 Å². The Kier molecular flexibility index (Phi) is 9.46. The molecule has 0 bridgehead atoms. The van der Waals surface area contributed by atoms with E-state index in [1.54, 1.807) is 13.8 Å². The maximum absolute atomic E-state index is 13.5. The highest BCUT2D eigenvalue weighted by Gasteiger charge is 2.69. The van der Waals surface area contributed by atoms with Crippen LogP contribution in [0.4, 0.5) is 14.7 Å². The molecule has 4 N–H and O–H groups in total. The lowest BCUT2D eigenvalue weighted by atomic mass is 9.87. The zero-order valence-electron chi connectivity index (χ0n) is 22.1. The summed E-state index contributed by atoms with van der Waals surface area (Å²) in [6.45, 7) is 4.28. The van der Waals surface area contributed by atoms with E-state index in [2.05, 4.69) is 15.5 Å². The fraction of sp³-hybridized carbons (Fsp3) is 0.500. The number of amides is 3. The van der Waals surface area contributed by atoms with Gasteiger partial charge in [-0.05, 0) is 19.4 Å². The second kappa shape index (κ2) is 12.4. The number of anilines is 1. The van der Waals surface area contributed by atoms with E-state index in [4.69, 9.17) is 24.7 Å². The molecule has 3 heterocycles. The van der Waals surface area contributed by atoms with Crippen LogP contribution in [0.15, 0.2) is 22.3 Å². The van der Waals surface area contributed by atoms with Gasteiger partial charge in [-0.25, -0.2) is 19.4 Å². The van der Waals surface area contributed by atoms with E-state index in [1.165, 1.54) is 42.4 Å². The number of fused-ring (bicyclic) bond motifs is 1. The summed E-state index contributed by atoms with van der Waals surface area (Å²) in [7, 11) is 3.03. The first-order valence-corrected chi connectivity index (χ1v) is 13.5. The van der Waals surface area contributed by atoms with Gasteiger partial charge in [-0.1, -0.05) is 5.16 Å². The van der Waals surface area contributed by atoms with Gasteiger partial charge in [0.15, 0.2) is 10.8 Å². The predicted molar refractivity (Wildman–Crippen MR) is 140 cm³/mol. The molecule has 1 saturated heterocycles. The molecular formula is C22H28N6O10S2. The predicted octanol–water partition coefficient (Wildman–Crippen LogP) is 0.707. The minimum atomic E-state index is -2.30. The standard InChI is InChI=1S/C22H28N6O10S2/c1-10(2)36-21(33)38-11(3)37-18(31)22(25-15(29)14(26-34)13-9-40-19(23)24-13)16(30)28-6-12(8-39-17(22)28)7-35-20(32)27(4)5/h6,9-11,17,34H,7-8H2,1-5H3,(H2,23,24)(H,25,29)/b26-14-/t11?,17-,22+/m0/s1. The van der Waals surface area contributed by atoms with Crippen LogP contribution >= 0.6 is 23.1 Å². The van der Waals surface area contributed by atoms with Gasteiger partial charge in [0.25, 0.3) is 11.8 Å². The monoisotopic (exact) mass is 600 g/mol. The Labute approximate surface area is 236 Å². The highest BCUT2D eigenvalue weighted by Crippen LogP contribution is 2.44. The summed E-state index contributed by atoms with van der Waals surface area (Å²) < 4.78 is 20.1. The molecule has 0 aromatic carbocycles. The number of nitrogen functional groups attached to an aromatic ring is 1. The number of rotatable bonds is 9. The summed E-state index contributed by atoms with van der Waals surface area (Å²) in [5, 5.41) is 15.2. The minimum Gasteiger partial charge on any atom is -0.445 e. The molecule has 1 fully saturated rings. The van der Waals surface area contributed by atoms with Gasteiger partial charge in [0.05, 0.1) is 6.10 Å². The molecule has 0 saturated carbocycles. The van der Waals surface area contributed by atoms with Crippen molar-refractivity contribution >= 4 is 64.0 Å². The lowest BCUT2D eigenvalue weighted by molar-refractivity contribution is -0.188. The van der Waals surface area contributed by atoms with Crippen molar-refractivity contribution in [2.45, 2.75) is 44.1 Å². The minimum absolute atomic E-state index is 0.0821. The van der Waals surface area contributed by atoms with Gasteiger partial charge in [0.2, 0.25) is 11.8 Å². The van der Waals surface area contributed by atoms with Crippen molar-refractivity contribution < 1.29 is 48.1 Å². The van der Waals surface area contributed by atoms with E-state index in [9.17, 15) is 29.2 Å². The Morgan fingerprint density at radius 3 is 2.55 bits per heavy atom. The third-order valence-electron chi connectivity index (χ3n) is 5.27. The molecule has 3 amide bonds. The van der Waals surface area contributed by atoms with Crippen molar-refractivity contribution in [2.24, 2.45) is 5.16 Å². The molecule has 2 aliphatic heterocycles. The van der Waals surface area contributed by atoms with E-state index in [-0.39, 0.29) is 23.2 Å². The number of nitrogens with two attached hydrogens (primary N) is 1. The molecule has 18 heteroatoms. The molecule has 40 heavy (non-hydrogen) atoms. The van der Waals surface area contributed by atoms with Gasteiger partial charge in [-0.3, -0.25) is 9.59 Å². The maximum atomic E-state index is 13.5. The van der Waals surface area contributed by atoms with Crippen molar-refractivity contribution in [1.29, 1.82) is 0 Å². The molecule has 1 aromatic heterocycles. The second-order valence-electron chi connectivity index (χ2n) is 8.90. The van der Waals surface area contributed by atoms with Gasteiger partial charge >= 0.3 is 18.2 Å². The summed E-state index contributed by atoms with van der Waals surface area (Å²) in [5.74, 6) is -3.04. The topological polar surface area (TPSA) is 212 Å². The number of carbonyl (C=O) groups excluding carboxylic acids is 5. The number of nitrogens with zero attached hydrogens (tertiary/aromatic N) is 4. The lowest BCUT2D eigenvalue weighted by Gasteiger charge is -2.53. The Morgan fingerprint density at radius 1 is 1.27 bits per heavy atom. The smallest absolute Gasteiger partial charge is 0.445 e. The second-order valence-corrected chi connectivity index (χ2v) is 10.9. The highest BCUT2D eigenvalue weighted by atomic mass is 32.2. The molecule has 0 radical (unpaired) electrons. The average molecular weight is 601 g/mol. The van der Waals surface area contributed by atoms with Crippen LogP contribution in [0, 0.1) is 0 Å². The quantitative estimate of drug-likeness (QED) is 0.0521. The number of hydrogen-bond donors (Lipinski definition) is 3. The van der Waals surface area contributed by atoms with Crippen LogP contribution in [0.25, 0.3) is 0 Å². The van der Waals surface area contributed by atoms with Crippen molar-refractivity contribution in [2.75, 3.05) is 32.2 Å².